The van der Waals surface area contributed by atoms with Gasteiger partial charge in [-0.1, -0.05) is 43.6 Å². The molecule has 26 heavy (non-hydrogen) atoms. The molecule has 0 aromatic carbocycles. The molecule has 3 fully saturated rings. The molecule has 0 amide bonds. The zero-order valence-electron chi connectivity index (χ0n) is 16.3. The van der Waals surface area contributed by atoms with Gasteiger partial charge in [0.05, 0.1) is 12.2 Å². The molecule has 0 N–H and O–H groups in total. The first-order valence-electron chi connectivity index (χ1n) is 11.1. The van der Waals surface area contributed by atoms with E-state index in [0.29, 0.717) is 11.2 Å². The molecule has 6 aliphatic rings. The monoisotopic (exact) mass is 352 g/mol. The molecule has 6 rings (SSSR count). The van der Waals surface area contributed by atoms with Crippen molar-refractivity contribution >= 4 is 5.78 Å². The third-order valence-corrected chi connectivity index (χ3v) is 9.68. The number of ketones is 1. The quantitative estimate of drug-likeness (QED) is 0.615. The van der Waals surface area contributed by atoms with Gasteiger partial charge in [-0.05, 0) is 67.6 Å². The van der Waals surface area contributed by atoms with Gasteiger partial charge in [-0.2, -0.15) is 0 Å². The van der Waals surface area contributed by atoms with Crippen LogP contribution in [-0.2, 0) is 9.53 Å². The lowest BCUT2D eigenvalue weighted by molar-refractivity contribution is -0.130. The van der Waals surface area contributed by atoms with E-state index in [-0.39, 0.29) is 5.60 Å². The molecule has 0 bridgehead atoms. The van der Waals surface area contributed by atoms with Gasteiger partial charge in [-0.25, -0.2) is 0 Å². The van der Waals surface area contributed by atoms with Crippen LogP contribution in [0.3, 0.4) is 0 Å². The summed E-state index contributed by atoms with van der Waals surface area (Å²) in [6.07, 6.45) is 14.0. The normalized spacial score (nSPS) is 54.2. The number of fused-ring (bicyclic) bond motifs is 8. The summed E-state index contributed by atoms with van der Waals surface area (Å²) in [5.41, 5.74) is 3.70. The molecule has 140 valence electrons. The molecule has 8 atom stereocenters. The van der Waals surface area contributed by atoms with Gasteiger partial charge in [-0.3, -0.25) is 4.79 Å². The number of Topliss-reactive ketones (excluding diaryl/α,β-unsaturated/α-hetero) is 1. The van der Waals surface area contributed by atoms with E-state index in [2.05, 4.69) is 26.0 Å². The fourth-order valence-corrected chi connectivity index (χ4v) is 8.71. The molecule has 0 aromatic heterocycles. The SMILES string of the molecule is CC[C@@H]1CC2=C(CCC(=O)C2)[C@H]2CC[C@@]3(C)[C@@H]([C@H]4C[C@H]4[C@@]34C=CCO4)[C@H]12. The first-order valence-corrected chi connectivity index (χ1v) is 11.1. The fourth-order valence-electron chi connectivity index (χ4n) is 8.71. The van der Waals surface area contributed by atoms with Crippen LogP contribution in [0.1, 0.15) is 65.2 Å². The maximum atomic E-state index is 12.1. The molecular weight excluding hydrogens is 320 g/mol. The van der Waals surface area contributed by atoms with Gasteiger partial charge in [0.15, 0.2) is 0 Å². The number of allylic oxidation sites excluding steroid dienone is 2. The van der Waals surface area contributed by atoms with Crippen LogP contribution >= 0.6 is 0 Å². The van der Waals surface area contributed by atoms with Gasteiger partial charge in [0.1, 0.15) is 5.78 Å². The van der Waals surface area contributed by atoms with Gasteiger partial charge in [0.2, 0.25) is 0 Å². The third-order valence-electron chi connectivity index (χ3n) is 9.68. The standard InChI is InChI=1S/C24H32O2/c1-3-14-11-15-12-16(25)5-6-17(15)18-7-9-23(2)22(21(14)18)19-13-20(19)24(23)8-4-10-26-24/h4,8,14,18-22H,3,5-7,9-13H2,1-2H3/t14-,18-,19+,20-,21-,22+,23+,24+/m1/s1. The summed E-state index contributed by atoms with van der Waals surface area (Å²) >= 11 is 0. The van der Waals surface area contributed by atoms with Crippen LogP contribution in [0.4, 0.5) is 0 Å². The van der Waals surface area contributed by atoms with Crippen molar-refractivity contribution in [3.63, 3.8) is 0 Å². The van der Waals surface area contributed by atoms with Crippen molar-refractivity contribution in [2.45, 2.75) is 70.8 Å². The minimum atomic E-state index is 0.0583. The highest BCUT2D eigenvalue weighted by molar-refractivity contribution is 5.82. The second-order valence-electron chi connectivity index (χ2n) is 10.4. The van der Waals surface area contributed by atoms with Crippen LogP contribution in [0.5, 0.6) is 0 Å². The molecule has 0 saturated heterocycles. The van der Waals surface area contributed by atoms with Crippen LogP contribution in [0, 0.1) is 40.9 Å². The van der Waals surface area contributed by atoms with Gasteiger partial charge < -0.3 is 4.74 Å². The Hall–Kier alpha value is -0.890. The predicted octanol–water partition coefficient (Wildman–Crippen LogP) is 5.09. The molecular formula is C24H32O2. The van der Waals surface area contributed by atoms with Crippen LogP contribution in [0.2, 0.25) is 0 Å². The summed E-state index contributed by atoms with van der Waals surface area (Å²) in [4.78, 5) is 12.1. The van der Waals surface area contributed by atoms with E-state index >= 15 is 0 Å². The largest absolute Gasteiger partial charge is 0.366 e. The van der Waals surface area contributed by atoms with Gasteiger partial charge in [0.25, 0.3) is 0 Å². The van der Waals surface area contributed by atoms with Crippen LogP contribution < -0.4 is 0 Å². The van der Waals surface area contributed by atoms with Gasteiger partial charge in [-0.15, -0.1) is 0 Å². The van der Waals surface area contributed by atoms with E-state index in [9.17, 15) is 4.79 Å². The Balaban J connectivity index is 1.44. The molecule has 1 spiro atoms. The lowest BCUT2D eigenvalue weighted by atomic mass is 9.48. The Morgan fingerprint density at radius 2 is 2.19 bits per heavy atom. The zero-order valence-corrected chi connectivity index (χ0v) is 16.3. The average Bonchev–Trinajstić information content (AvgIpc) is 3.20. The summed E-state index contributed by atoms with van der Waals surface area (Å²) in [6.45, 7) is 5.80. The highest BCUT2D eigenvalue weighted by Crippen LogP contribution is 2.77. The van der Waals surface area contributed by atoms with E-state index in [1.807, 2.05) is 0 Å². The molecule has 0 aromatic rings. The average molecular weight is 353 g/mol. The van der Waals surface area contributed by atoms with E-state index in [1.54, 1.807) is 11.1 Å². The number of rotatable bonds is 1. The molecule has 3 saturated carbocycles. The van der Waals surface area contributed by atoms with E-state index in [1.165, 1.54) is 32.1 Å². The number of carbonyl (C=O) groups is 1. The highest BCUT2D eigenvalue weighted by Gasteiger charge is 2.76. The van der Waals surface area contributed by atoms with E-state index < -0.39 is 0 Å². The highest BCUT2D eigenvalue weighted by atomic mass is 16.5. The van der Waals surface area contributed by atoms with Crippen molar-refractivity contribution in [1.82, 2.24) is 0 Å². The van der Waals surface area contributed by atoms with E-state index in [4.69, 9.17) is 4.74 Å². The Kier molecular flexibility index (Phi) is 3.18. The fraction of sp³-hybridized carbons (Fsp3) is 0.792. The number of hydrogen-bond acceptors (Lipinski definition) is 2. The minimum Gasteiger partial charge on any atom is -0.366 e. The van der Waals surface area contributed by atoms with Crippen molar-refractivity contribution in [3.8, 4) is 0 Å². The first-order chi connectivity index (χ1) is 12.6. The second kappa shape index (κ2) is 5.13. The van der Waals surface area contributed by atoms with Crippen LogP contribution in [0.15, 0.2) is 23.3 Å². The van der Waals surface area contributed by atoms with Crippen molar-refractivity contribution < 1.29 is 9.53 Å². The smallest absolute Gasteiger partial charge is 0.137 e. The summed E-state index contributed by atoms with van der Waals surface area (Å²) in [5, 5.41) is 0. The molecule has 1 aliphatic heterocycles. The van der Waals surface area contributed by atoms with Crippen molar-refractivity contribution in [2.24, 2.45) is 40.9 Å². The Morgan fingerprint density at radius 1 is 1.31 bits per heavy atom. The molecule has 0 radical (unpaired) electrons. The molecule has 2 nitrogen and oxygen atoms in total. The van der Waals surface area contributed by atoms with Crippen LogP contribution in [-0.4, -0.2) is 18.0 Å². The van der Waals surface area contributed by atoms with Crippen molar-refractivity contribution in [3.05, 3.63) is 23.3 Å². The Morgan fingerprint density at radius 3 is 2.96 bits per heavy atom. The maximum Gasteiger partial charge on any atom is 0.137 e. The maximum absolute atomic E-state index is 12.1. The number of hydrogen-bond donors (Lipinski definition) is 0. The number of carbonyl (C=O) groups excluding carboxylic acids is 1. The lowest BCUT2D eigenvalue weighted by Gasteiger charge is -2.58. The van der Waals surface area contributed by atoms with Gasteiger partial charge >= 0.3 is 0 Å². The third kappa shape index (κ3) is 1.76. The zero-order chi connectivity index (χ0) is 17.7. The molecule has 2 heteroatoms. The summed E-state index contributed by atoms with van der Waals surface area (Å²) in [6, 6.07) is 0. The predicted molar refractivity (Wildman–Crippen MR) is 102 cm³/mol. The molecule has 0 unspecified atom stereocenters. The summed E-state index contributed by atoms with van der Waals surface area (Å²) in [5.74, 6) is 5.42. The minimum absolute atomic E-state index is 0.0583. The molecule has 1 heterocycles. The lowest BCUT2D eigenvalue weighted by Crippen LogP contribution is -2.55. The number of ether oxygens (including phenoxy) is 1. The second-order valence-corrected chi connectivity index (χ2v) is 10.4. The first kappa shape index (κ1) is 16.1. The topological polar surface area (TPSA) is 26.3 Å². The van der Waals surface area contributed by atoms with E-state index in [0.717, 1.165) is 61.4 Å². The molecule has 5 aliphatic carbocycles. The van der Waals surface area contributed by atoms with Gasteiger partial charge in [0, 0.05) is 18.3 Å². The summed E-state index contributed by atoms with van der Waals surface area (Å²) < 4.78 is 6.53. The van der Waals surface area contributed by atoms with Crippen molar-refractivity contribution in [1.29, 1.82) is 0 Å². The Labute approximate surface area is 157 Å². The summed E-state index contributed by atoms with van der Waals surface area (Å²) in [7, 11) is 0. The Bertz CT molecular complexity index is 732. The van der Waals surface area contributed by atoms with Crippen LogP contribution in [0.25, 0.3) is 0 Å². The van der Waals surface area contributed by atoms with Crippen molar-refractivity contribution in [2.75, 3.05) is 6.61 Å².